The zero-order valence-corrected chi connectivity index (χ0v) is 8.66. The number of anilines is 1. The molecule has 0 fully saturated rings. The Kier molecular flexibility index (Phi) is 1.77. The van der Waals surface area contributed by atoms with E-state index in [1.54, 1.807) is 12.5 Å². The summed E-state index contributed by atoms with van der Waals surface area (Å²) < 4.78 is 5.44. The highest BCUT2D eigenvalue weighted by atomic mass is 16.3. The fraction of sp³-hybridized carbons (Fsp3) is 0.364. The third-order valence-electron chi connectivity index (χ3n) is 2.32. The Morgan fingerprint density at radius 3 is 2.71 bits per heavy atom. The molecule has 0 saturated carbocycles. The van der Waals surface area contributed by atoms with Crippen molar-refractivity contribution in [1.29, 1.82) is 0 Å². The highest BCUT2D eigenvalue weighted by Gasteiger charge is 2.21. The normalized spacial score (nSPS) is 12.2. The van der Waals surface area contributed by atoms with Gasteiger partial charge in [0.15, 0.2) is 0 Å². The van der Waals surface area contributed by atoms with Crippen molar-refractivity contribution in [2.24, 2.45) is 0 Å². The van der Waals surface area contributed by atoms with Crippen molar-refractivity contribution in [3.8, 4) is 0 Å². The van der Waals surface area contributed by atoms with Gasteiger partial charge in [0.25, 0.3) is 0 Å². The van der Waals surface area contributed by atoms with E-state index in [2.05, 4.69) is 25.8 Å². The van der Waals surface area contributed by atoms with E-state index in [4.69, 9.17) is 10.2 Å². The zero-order valence-electron chi connectivity index (χ0n) is 8.66. The number of fused-ring (bicyclic) bond motifs is 1. The molecule has 0 saturated heterocycles. The van der Waals surface area contributed by atoms with Gasteiger partial charge in [0.05, 0.1) is 11.6 Å². The Hall–Kier alpha value is -1.51. The van der Waals surface area contributed by atoms with Crippen LogP contribution in [0.4, 0.5) is 5.82 Å². The van der Waals surface area contributed by atoms with Crippen LogP contribution in [0.15, 0.2) is 22.9 Å². The van der Waals surface area contributed by atoms with Crippen molar-refractivity contribution < 1.29 is 4.42 Å². The van der Waals surface area contributed by atoms with Crippen LogP contribution in [-0.4, -0.2) is 4.98 Å². The van der Waals surface area contributed by atoms with E-state index in [9.17, 15) is 0 Å². The van der Waals surface area contributed by atoms with Gasteiger partial charge < -0.3 is 10.2 Å². The number of hydrogen-bond acceptors (Lipinski definition) is 3. The Morgan fingerprint density at radius 1 is 1.36 bits per heavy atom. The lowest BCUT2D eigenvalue weighted by atomic mass is 9.87. The summed E-state index contributed by atoms with van der Waals surface area (Å²) in [5.41, 5.74) is 7.77. The second kappa shape index (κ2) is 2.74. The highest BCUT2D eigenvalue weighted by molar-refractivity contribution is 5.90. The van der Waals surface area contributed by atoms with Gasteiger partial charge in [0.2, 0.25) is 0 Å². The number of hydrogen-bond donors (Lipinski definition) is 1. The Labute approximate surface area is 82.9 Å². The summed E-state index contributed by atoms with van der Waals surface area (Å²) >= 11 is 0. The van der Waals surface area contributed by atoms with E-state index in [1.165, 1.54) is 0 Å². The zero-order chi connectivity index (χ0) is 10.3. The molecule has 3 heteroatoms. The SMILES string of the molecule is CC(C)(C)c1coc2ccnc(N)c12. The molecule has 2 N–H and O–H groups in total. The van der Waals surface area contributed by atoms with Crippen molar-refractivity contribution >= 4 is 16.8 Å². The summed E-state index contributed by atoms with van der Waals surface area (Å²) in [5.74, 6) is 0.543. The molecule has 0 spiro atoms. The van der Waals surface area contributed by atoms with Crippen LogP contribution in [0.25, 0.3) is 11.0 Å². The fourth-order valence-electron chi connectivity index (χ4n) is 1.56. The molecule has 0 aliphatic heterocycles. The monoisotopic (exact) mass is 190 g/mol. The minimum atomic E-state index is 0.0302. The largest absolute Gasteiger partial charge is 0.464 e. The first kappa shape index (κ1) is 9.06. The van der Waals surface area contributed by atoms with E-state index in [-0.39, 0.29) is 5.41 Å². The number of nitrogens with zero attached hydrogens (tertiary/aromatic N) is 1. The number of aromatic nitrogens is 1. The maximum Gasteiger partial charge on any atom is 0.139 e. The van der Waals surface area contributed by atoms with Crippen LogP contribution < -0.4 is 5.73 Å². The van der Waals surface area contributed by atoms with E-state index >= 15 is 0 Å². The lowest BCUT2D eigenvalue weighted by Crippen LogP contribution is -2.10. The van der Waals surface area contributed by atoms with Gasteiger partial charge in [-0.05, 0) is 11.5 Å². The molecule has 0 radical (unpaired) electrons. The van der Waals surface area contributed by atoms with Gasteiger partial charge in [0.1, 0.15) is 11.4 Å². The first-order chi connectivity index (χ1) is 6.50. The molecule has 14 heavy (non-hydrogen) atoms. The number of nitrogens with two attached hydrogens (primary N) is 1. The molecule has 0 unspecified atom stereocenters. The number of nitrogen functional groups attached to an aromatic ring is 1. The summed E-state index contributed by atoms with van der Waals surface area (Å²) in [6.45, 7) is 6.39. The molecule has 0 aromatic carbocycles. The van der Waals surface area contributed by atoms with Crippen LogP contribution in [0.2, 0.25) is 0 Å². The molecule has 0 aliphatic carbocycles. The average Bonchev–Trinajstić information content (AvgIpc) is 2.47. The maximum absolute atomic E-state index is 5.83. The van der Waals surface area contributed by atoms with Gasteiger partial charge in [-0.1, -0.05) is 20.8 Å². The van der Waals surface area contributed by atoms with Crippen molar-refractivity contribution in [2.75, 3.05) is 5.73 Å². The fourth-order valence-corrected chi connectivity index (χ4v) is 1.56. The van der Waals surface area contributed by atoms with Gasteiger partial charge in [-0.3, -0.25) is 0 Å². The van der Waals surface area contributed by atoms with Crippen molar-refractivity contribution in [1.82, 2.24) is 4.98 Å². The van der Waals surface area contributed by atoms with Crippen molar-refractivity contribution in [2.45, 2.75) is 26.2 Å². The maximum atomic E-state index is 5.83. The first-order valence-corrected chi connectivity index (χ1v) is 4.62. The summed E-state index contributed by atoms with van der Waals surface area (Å²) in [6, 6.07) is 1.83. The van der Waals surface area contributed by atoms with Gasteiger partial charge in [0, 0.05) is 11.8 Å². The van der Waals surface area contributed by atoms with E-state index in [1.807, 2.05) is 6.07 Å². The summed E-state index contributed by atoms with van der Waals surface area (Å²) in [6.07, 6.45) is 3.43. The topological polar surface area (TPSA) is 52.0 Å². The Balaban J connectivity index is 2.80. The smallest absolute Gasteiger partial charge is 0.139 e. The van der Waals surface area contributed by atoms with Crippen LogP contribution in [0, 0.1) is 0 Å². The standard InChI is InChI=1S/C11H14N2O/c1-11(2,3)7-6-14-8-4-5-13-10(12)9(7)8/h4-6H,1-3H3,(H2,12,13). The predicted molar refractivity (Wildman–Crippen MR) is 57.1 cm³/mol. The third-order valence-corrected chi connectivity index (χ3v) is 2.32. The predicted octanol–water partition coefficient (Wildman–Crippen LogP) is 2.71. The number of furan rings is 1. The second-order valence-corrected chi connectivity index (χ2v) is 4.47. The molecular weight excluding hydrogens is 176 g/mol. The van der Waals surface area contributed by atoms with Crippen LogP contribution in [0.3, 0.4) is 0 Å². The molecule has 0 bridgehead atoms. The van der Waals surface area contributed by atoms with Gasteiger partial charge in [-0.15, -0.1) is 0 Å². The van der Waals surface area contributed by atoms with Crippen molar-refractivity contribution in [3.63, 3.8) is 0 Å². The lowest BCUT2D eigenvalue weighted by molar-refractivity contribution is 0.557. The van der Waals surface area contributed by atoms with Crippen LogP contribution in [0.5, 0.6) is 0 Å². The summed E-state index contributed by atoms with van der Waals surface area (Å²) in [7, 11) is 0. The van der Waals surface area contributed by atoms with Gasteiger partial charge >= 0.3 is 0 Å². The molecule has 3 nitrogen and oxygen atoms in total. The van der Waals surface area contributed by atoms with Gasteiger partial charge in [-0.25, -0.2) is 4.98 Å². The molecule has 2 rings (SSSR count). The van der Waals surface area contributed by atoms with Gasteiger partial charge in [-0.2, -0.15) is 0 Å². The molecule has 74 valence electrons. The number of rotatable bonds is 0. The number of pyridine rings is 1. The molecule has 0 atom stereocenters. The molecule has 2 aromatic rings. The molecule has 2 aromatic heterocycles. The lowest BCUT2D eigenvalue weighted by Gasteiger charge is -2.16. The second-order valence-electron chi connectivity index (χ2n) is 4.47. The van der Waals surface area contributed by atoms with E-state index < -0.39 is 0 Å². The highest BCUT2D eigenvalue weighted by Crippen LogP contribution is 2.33. The summed E-state index contributed by atoms with van der Waals surface area (Å²) in [4.78, 5) is 4.07. The molecule has 0 aliphatic rings. The minimum absolute atomic E-state index is 0.0302. The summed E-state index contributed by atoms with van der Waals surface area (Å²) in [5, 5.41) is 0.944. The first-order valence-electron chi connectivity index (χ1n) is 4.62. The molecular formula is C11H14N2O. The van der Waals surface area contributed by atoms with Crippen molar-refractivity contribution in [3.05, 3.63) is 24.1 Å². The Bertz CT molecular complexity index is 466. The van der Waals surface area contributed by atoms with Crippen LogP contribution >= 0.6 is 0 Å². The molecule has 2 heterocycles. The van der Waals surface area contributed by atoms with E-state index in [0.717, 1.165) is 16.5 Å². The quantitative estimate of drug-likeness (QED) is 0.694. The average molecular weight is 190 g/mol. The van der Waals surface area contributed by atoms with E-state index in [0.29, 0.717) is 5.82 Å². The van der Waals surface area contributed by atoms with Crippen LogP contribution in [-0.2, 0) is 5.41 Å². The minimum Gasteiger partial charge on any atom is -0.464 e. The Morgan fingerprint density at radius 2 is 2.07 bits per heavy atom. The molecule has 0 amide bonds. The third kappa shape index (κ3) is 1.25. The van der Waals surface area contributed by atoms with Crippen LogP contribution in [0.1, 0.15) is 26.3 Å².